The molecular formula is C27H28FN7O. The number of ether oxygens (including phenoxy) is 1. The second kappa shape index (κ2) is 9.36. The van der Waals surface area contributed by atoms with Crippen LogP contribution in [0.15, 0.2) is 36.7 Å². The van der Waals surface area contributed by atoms with E-state index in [0.29, 0.717) is 23.5 Å². The van der Waals surface area contributed by atoms with E-state index in [1.54, 1.807) is 12.3 Å². The third kappa shape index (κ3) is 4.44. The summed E-state index contributed by atoms with van der Waals surface area (Å²) in [4.78, 5) is 8.83. The summed E-state index contributed by atoms with van der Waals surface area (Å²) < 4.78 is 23.8. The van der Waals surface area contributed by atoms with Crippen LogP contribution in [0.3, 0.4) is 0 Å². The molecule has 36 heavy (non-hydrogen) atoms. The van der Waals surface area contributed by atoms with E-state index in [1.165, 1.54) is 12.3 Å². The minimum absolute atomic E-state index is 0.340. The molecule has 1 saturated carbocycles. The molecule has 4 aromatic rings. The number of piperidine rings is 1. The second-order valence-electron chi connectivity index (χ2n) is 9.57. The number of pyridine rings is 2. The lowest BCUT2D eigenvalue weighted by Gasteiger charge is -2.23. The number of rotatable bonds is 5. The van der Waals surface area contributed by atoms with Gasteiger partial charge in [0.05, 0.1) is 29.8 Å². The zero-order chi connectivity index (χ0) is 24.6. The number of nitrogens with zero attached hydrogens (tertiary/aromatic N) is 6. The van der Waals surface area contributed by atoms with E-state index in [-0.39, 0.29) is 5.82 Å². The molecule has 1 saturated heterocycles. The zero-order valence-electron chi connectivity index (χ0n) is 20.4. The van der Waals surface area contributed by atoms with Gasteiger partial charge in [-0.15, -0.1) is 5.10 Å². The van der Waals surface area contributed by atoms with Gasteiger partial charge in [-0.05, 0) is 76.7 Å². The molecular weight excluding hydrogens is 457 g/mol. The van der Waals surface area contributed by atoms with E-state index in [4.69, 9.17) is 4.74 Å². The molecule has 1 atom stereocenters. The lowest BCUT2D eigenvalue weighted by atomic mass is 10.1. The smallest absolute Gasteiger partial charge is 0.201 e. The Morgan fingerprint density at radius 2 is 1.94 bits per heavy atom. The average Bonchev–Trinajstić information content (AvgIpc) is 3.51. The van der Waals surface area contributed by atoms with Crippen LogP contribution in [0.4, 0.5) is 4.39 Å². The first-order chi connectivity index (χ1) is 17.6. The van der Waals surface area contributed by atoms with Gasteiger partial charge in [0, 0.05) is 17.5 Å². The van der Waals surface area contributed by atoms with E-state index >= 15 is 0 Å². The van der Waals surface area contributed by atoms with Crippen molar-refractivity contribution < 1.29 is 9.13 Å². The van der Waals surface area contributed by atoms with E-state index in [2.05, 4.69) is 44.4 Å². The van der Waals surface area contributed by atoms with Gasteiger partial charge >= 0.3 is 0 Å². The molecule has 8 nitrogen and oxygen atoms in total. The summed E-state index contributed by atoms with van der Waals surface area (Å²) in [6.45, 7) is 5.92. The van der Waals surface area contributed by atoms with Gasteiger partial charge in [0.15, 0.2) is 0 Å². The fourth-order valence-electron chi connectivity index (χ4n) is 4.67. The van der Waals surface area contributed by atoms with Crippen LogP contribution in [-0.4, -0.2) is 42.5 Å². The molecule has 4 aromatic heterocycles. The highest BCUT2D eigenvalue weighted by Crippen LogP contribution is 2.32. The van der Waals surface area contributed by atoms with Gasteiger partial charge in [-0.2, -0.15) is 0 Å². The number of fused-ring (bicyclic) bond motifs is 1. The number of hydrogen-bond acceptors (Lipinski definition) is 6. The Morgan fingerprint density at radius 1 is 1.11 bits per heavy atom. The molecule has 0 radical (unpaired) electrons. The molecule has 0 amide bonds. The van der Waals surface area contributed by atoms with Crippen LogP contribution in [0.1, 0.15) is 61.8 Å². The Kier molecular flexibility index (Phi) is 5.89. The molecule has 2 fully saturated rings. The molecule has 1 unspecified atom stereocenters. The summed E-state index contributed by atoms with van der Waals surface area (Å²) in [6.07, 6.45) is 6.92. The average molecular weight is 486 g/mol. The topological polar surface area (TPSA) is 82.2 Å². The van der Waals surface area contributed by atoms with Crippen LogP contribution in [0.5, 0.6) is 5.88 Å². The zero-order valence-corrected chi connectivity index (χ0v) is 20.4. The molecule has 184 valence electrons. The van der Waals surface area contributed by atoms with Crippen LogP contribution in [0, 0.1) is 30.5 Å². The molecule has 2 aliphatic rings. The molecule has 5 heterocycles. The van der Waals surface area contributed by atoms with Crippen molar-refractivity contribution in [3.63, 3.8) is 0 Å². The first-order valence-corrected chi connectivity index (χ1v) is 12.5. The molecule has 1 N–H and O–H groups in total. The van der Waals surface area contributed by atoms with Crippen molar-refractivity contribution in [2.75, 3.05) is 13.1 Å². The van der Waals surface area contributed by atoms with Crippen LogP contribution in [0.25, 0.3) is 16.9 Å². The monoisotopic (exact) mass is 485 g/mol. The van der Waals surface area contributed by atoms with E-state index in [1.807, 2.05) is 28.1 Å². The second-order valence-corrected chi connectivity index (χ2v) is 9.57. The molecule has 9 heteroatoms. The summed E-state index contributed by atoms with van der Waals surface area (Å²) in [7, 11) is 0. The van der Waals surface area contributed by atoms with Gasteiger partial charge in [-0.3, -0.25) is 9.38 Å². The van der Waals surface area contributed by atoms with Crippen molar-refractivity contribution in [3.8, 4) is 29.0 Å². The molecule has 0 spiro atoms. The van der Waals surface area contributed by atoms with Gasteiger partial charge in [-0.1, -0.05) is 11.1 Å². The summed E-state index contributed by atoms with van der Waals surface area (Å²) >= 11 is 0. The van der Waals surface area contributed by atoms with Gasteiger partial charge in [0.25, 0.3) is 0 Å². The van der Waals surface area contributed by atoms with Gasteiger partial charge < -0.3 is 10.1 Å². The number of imidazole rings is 1. The van der Waals surface area contributed by atoms with Crippen molar-refractivity contribution in [3.05, 3.63) is 59.6 Å². The van der Waals surface area contributed by atoms with Crippen molar-refractivity contribution in [1.29, 1.82) is 0 Å². The third-order valence-electron chi connectivity index (χ3n) is 6.87. The van der Waals surface area contributed by atoms with Crippen LogP contribution >= 0.6 is 0 Å². The predicted molar refractivity (Wildman–Crippen MR) is 133 cm³/mol. The lowest BCUT2D eigenvalue weighted by molar-refractivity contribution is 0.209. The molecule has 1 aliphatic heterocycles. The third-order valence-corrected chi connectivity index (χ3v) is 6.87. The minimum atomic E-state index is -0.415. The maximum atomic E-state index is 13.4. The quantitative estimate of drug-likeness (QED) is 0.426. The number of hydrogen-bond donors (Lipinski definition) is 1. The molecule has 6 rings (SSSR count). The van der Waals surface area contributed by atoms with Crippen molar-refractivity contribution >= 4 is 5.65 Å². The molecule has 1 aliphatic carbocycles. The van der Waals surface area contributed by atoms with Gasteiger partial charge in [0.2, 0.25) is 5.88 Å². The van der Waals surface area contributed by atoms with Gasteiger partial charge in [-0.25, -0.2) is 14.1 Å². The maximum absolute atomic E-state index is 13.4. The number of nitrogens with one attached hydrogen (secondary N) is 1. The van der Waals surface area contributed by atoms with E-state index in [0.717, 1.165) is 67.1 Å². The highest BCUT2D eigenvalue weighted by Gasteiger charge is 2.23. The van der Waals surface area contributed by atoms with E-state index in [9.17, 15) is 4.39 Å². The highest BCUT2D eigenvalue weighted by molar-refractivity contribution is 5.68. The fraction of sp³-hybridized carbons (Fsp3) is 0.407. The Morgan fingerprint density at radius 3 is 2.69 bits per heavy atom. The predicted octanol–water partition coefficient (Wildman–Crippen LogP) is 4.26. The van der Waals surface area contributed by atoms with Crippen LogP contribution in [0.2, 0.25) is 0 Å². The summed E-state index contributed by atoms with van der Waals surface area (Å²) in [6, 6.07) is 7.32. The Balaban J connectivity index is 1.41. The largest absolute Gasteiger partial charge is 0.469 e. The maximum Gasteiger partial charge on any atom is 0.201 e. The Labute approximate surface area is 208 Å². The molecule has 0 aromatic carbocycles. The first-order valence-electron chi connectivity index (χ1n) is 12.5. The minimum Gasteiger partial charge on any atom is -0.469 e. The lowest BCUT2D eigenvalue weighted by Crippen LogP contribution is -2.30. The van der Waals surface area contributed by atoms with Crippen molar-refractivity contribution in [1.82, 2.24) is 34.7 Å². The number of aromatic nitrogens is 6. The normalized spacial score (nSPS) is 17.1. The standard InChI is InChI=1S/C27H28FN7O/c1-17-27(32-33-35(17)22-9-11-29-12-10-22)20-13-25-31-16-23(7-5-19-3-4-19)34(25)26(14-20)36-18(2)24-8-6-21(28)15-30-24/h6,8,13-16,18-19,22,29H,3-4,9-12H2,1-2H3. The first kappa shape index (κ1) is 22.7. The highest BCUT2D eigenvalue weighted by atomic mass is 19.1. The summed E-state index contributed by atoms with van der Waals surface area (Å²) in [5.41, 5.74) is 4.83. The molecule has 0 bridgehead atoms. The Bertz CT molecular complexity index is 1450. The SMILES string of the molecule is Cc1c(-c2cc(OC(C)c3ccc(F)cn3)n3c(C#CC4CC4)cnc3c2)nnn1C1CCNCC1. The van der Waals surface area contributed by atoms with Gasteiger partial charge in [0.1, 0.15) is 29.0 Å². The fourth-order valence-corrected chi connectivity index (χ4v) is 4.67. The summed E-state index contributed by atoms with van der Waals surface area (Å²) in [5.74, 6) is 7.25. The number of halogens is 1. The van der Waals surface area contributed by atoms with Crippen molar-refractivity contribution in [2.45, 2.75) is 51.7 Å². The van der Waals surface area contributed by atoms with Crippen molar-refractivity contribution in [2.24, 2.45) is 5.92 Å². The summed E-state index contributed by atoms with van der Waals surface area (Å²) in [5, 5.41) is 12.5. The Hall–Kier alpha value is -3.77. The van der Waals surface area contributed by atoms with Crippen LogP contribution < -0.4 is 10.1 Å². The van der Waals surface area contributed by atoms with E-state index < -0.39 is 6.10 Å². The van der Waals surface area contributed by atoms with Crippen LogP contribution in [-0.2, 0) is 0 Å².